The molecule has 2 saturated heterocycles. The molecule has 2 aliphatic heterocycles. The van der Waals surface area contributed by atoms with Gasteiger partial charge in [-0.05, 0) is 19.8 Å². The number of thiazole rings is 1. The molecule has 1 aromatic rings. The third-order valence-corrected chi connectivity index (χ3v) is 5.16. The minimum atomic E-state index is -0.392. The van der Waals surface area contributed by atoms with Gasteiger partial charge in [0.2, 0.25) is 5.91 Å². The summed E-state index contributed by atoms with van der Waals surface area (Å²) >= 11 is 1.59. The lowest BCUT2D eigenvalue weighted by molar-refractivity contribution is -0.171. The molecule has 1 aromatic heterocycles. The smallest absolute Gasteiger partial charge is 0.314 e. The summed E-state index contributed by atoms with van der Waals surface area (Å²) in [5, 5.41) is 2.99. The van der Waals surface area contributed by atoms with Gasteiger partial charge in [0.25, 0.3) is 0 Å². The van der Waals surface area contributed by atoms with E-state index in [1.807, 2.05) is 17.2 Å². The van der Waals surface area contributed by atoms with Crippen LogP contribution in [0, 0.1) is 6.92 Å². The number of nitrogens with zero attached hydrogens (tertiary/aromatic N) is 3. The number of piperidine rings is 1. The summed E-state index contributed by atoms with van der Waals surface area (Å²) in [6.45, 7) is 4.28. The zero-order chi connectivity index (χ0) is 15.7. The molecule has 0 bridgehead atoms. The number of nitrogens with two attached hydrogens (primary N) is 1. The minimum absolute atomic E-state index is 0.00592. The number of carbonyl (C=O) groups excluding carboxylic acids is 2. The number of hydrogen-bond donors (Lipinski definition) is 1. The Hall–Kier alpha value is -1.67. The molecule has 3 rings (SSSR count). The highest BCUT2D eigenvalue weighted by Gasteiger charge is 2.42. The first-order chi connectivity index (χ1) is 10.5. The van der Waals surface area contributed by atoms with Crippen molar-refractivity contribution in [2.45, 2.75) is 31.9 Å². The maximum atomic E-state index is 12.1. The Morgan fingerprint density at radius 1 is 1.50 bits per heavy atom. The largest absolute Gasteiger partial charge is 0.363 e. The van der Waals surface area contributed by atoms with Crippen LogP contribution < -0.4 is 5.73 Å². The van der Waals surface area contributed by atoms with Crippen molar-refractivity contribution in [3.63, 3.8) is 0 Å². The van der Waals surface area contributed by atoms with Crippen LogP contribution in [0.4, 0.5) is 4.79 Å². The lowest BCUT2D eigenvalue weighted by atomic mass is 9.89. The van der Waals surface area contributed by atoms with Gasteiger partial charge >= 0.3 is 6.03 Å². The molecule has 22 heavy (non-hydrogen) atoms. The van der Waals surface area contributed by atoms with Crippen molar-refractivity contribution in [2.75, 3.05) is 26.2 Å². The van der Waals surface area contributed by atoms with Crippen LogP contribution in [0.1, 0.15) is 23.5 Å². The molecule has 120 valence electrons. The second-order valence-corrected chi connectivity index (χ2v) is 6.97. The van der Waals surface area contributed by atoms with Crippen LogP contribution in [0.2, 0.25) is 0 Å². The molecule has 0 atom stereocenters. The van der Waals surface area contributed by atoms with Crippen LogP contribution in [0.15, 0.2) is 5.38 Å². The van der Waals surface area contributed by atoms with Gasteiger partial charge < -0.3 is 20.3 Å². The average molecular weight is 324 g/mol. The van der Waals surface area contributed by atoms with Crippen molar-refractivity contribution < 1.29 is 14.3 Å². The van der Waals surface area contributed by atoms with Gasteiger partial charge in [0.05, 0.1) is 29.4 Å². The predicted octanol–water partition coefficient (Wildman–Crippen LogP) is 0.724. The van der Waals surface area contributed by atoms with Crippen LogP contribution in [-0.4, -0.2) is 58.6 Å². The number of carbonyl (C=O) groups is 2. The van der Waals surface area contributed by atoms with Gasteiger partial charge in [-0.15, -0.1) is 11.3 Å². The molecule has 0 unspecified atom stereocenters. The Kier molecular flexibility index (Phi) is 4.05. The summed E-state index contributed by atoms with van der Waals surface area (Å²) in [6, 6.07) is -0.392. The summed E-state index contributed by atoms with van der Waals surface area (Å²) in [6.07, 6.45) is 1.41. The van der Waals surface area contributed by atoms with Crippen LogP contribution >= 0.6 is 11.3 Å². The molecule has 2 fully saturated rings. The molecule has 0 saturated carbocycles. The molecular weight excluding hydrogens is 304 g/mol. The first-order valence-corrected chi connectivity index (χ1v) is 8.22. The van der Waals surface area contributed by atoms with E-state index in [1.54, 1.807) is 16.2 Å². The molecule has 0 aromatic carbocycles. The fourth-order valence-corrected chi connectivity index (χ4v) is 3.65. The number of aromatic nitrogens is 1. The number of aryl methyl sites for hydroxylation is 1. The van der Waals surface area contributed by atoms with Crippen molar-refractivity contribution in [3.05, 3.63) is 16.1 Å². The zero-order valence-corrected chi connectivity index (χ0v) is 13.4. The number of hydrogen-bond acceptors (Lipinski definition) is 5. The van der Waals surface area contributed by atoms with Gasteiger partial charge in [0, 0.05) is 18.5 Å². The highest BCUT2D eigenvalue weighted by Crippen LogP contribution is 2.31. The average Bonchev–Trinajstić information content (AvgIpc) is 2.89. The molecular formula is C14H20N4O3S. The molecule has 7 nitrogen and oxygen atoms in total. The molecule has 1 spiro atoms. The maximum Gasteiger partial charge on any atom is 0.314 e. The van der Waals surface area contributed by atoms with Crippen LogP contribution in [0.3, 0.4) is 0 Å². The number of ether oxygens (including phenoxy) is 1. The summed E-state index contributed by atoms with van der Waals surface area (Å²) < 4.78 is 5.83. The van der Waals surface area contributed by atoms with E-state index in [1.165, 1.54) is 0 Å². The summed E-state index contributed by atoms with van der Waals surface area (Å²) in [5.74, 6) is -0.00592. The third-order valence-electron chi connectivity index (χ3n) is 4.34. The van der Waals surface area contributed by atoms with E-state index in [9.17, 15) is 9.59 Å². The van der Waals surface area contributed by atoms with Gasteiger partial charge in [0.15, 0.2) is 0 Å². The molecule has 2 N–H and O–H groups in total. The minimum Gasteiger partial charge on any atom is -0.363 e. The monoisotopic (exact) mass is 324 g/mol. The Balaban J connectivity index is 1.66. The van der Waals surface area contributed by atoms with Crippen LogP contribution in [0.25, 0.3) is 0 Å². The summed E-state index contributed by atoms with van der Waals surface area (Å²) in [4.78, 5) is 31.2. The van der Waals surface area contributed by atoms with E-state index >= 15 is 0 Å². The Morgan fingerprint density at radius 2 is 2.23 bits per heavy atom. The normalized spacial score (nSPS) is 21.4. The molecule has 0 aliphatic carbocycles. The first-order valence-electron chi connectivity index (χ1n) is 7.35. The van der Waals surface area contributed by atoms with Crippen molar-refractivity contribution in [1.29, 1.82) is 0 Å². The number of likely N-dealkylation sites (tertiary alicyclic amines) is 1. The van der Waals surface area contributed by atoms with E-state index in [4.69, 9.17) is 10.5 Å². The Labute approximate surface area is 133 Å². The SMILES string of the molecule is Cc1nc(CN2CC3(CCN(C(N)=O)CC3)OCC2=O)cs1. The number of morpholine rings is 1. The van der Waals surface area contributed by atoms with Gasteiger partial charge in [-0.3, -0.25) is 4.79 Å². The van der Waals surface area contributed by atoms with Crippen molar-refractivity contribution in [1.82, 2.24) is 14.8 Å². The molecule has 3 heterocycles. The predicted molar refractivity (Wildman–Crippen MR) is 81.3 cm³/mol. The number of amides is 3. The van der Waals surface area contributed by atoms with Gasteiger partial charge in [-0.2, -0.15) is 0 Å². The van der Waals surface area contributed by atoms with E-state index in [0.29, 0.717) is 39.0 Å². The van der Waals surface area contributed by atoms with E-state index in [-0.39, 0.29) is 18.1 Å². The number of urea groups is 1. The lowest BCUT2D eigenvalue weighted by Gasteiger charge is -2.46. The van der Waals surface area contributed by atoms with E-state index < -0.39 is 6.03 Å². The van der Waals surface area contributed by atoms with Crippen molar-refractivity contribution in [3.8, 4) is 0 Å². The molecule has 2 aliphatic rings. The zero-order valence-electron chi connectivity index (χ0n) is 12.6. The summed E-state index contributed by atoms with van der Waals surface area (Å²) in [5.41, 5.74) is 5.88. The molecule has 3 amide bonds. The second-order valence-electron chi connectivity index (χ2n) is 5.90. The Bertz CT molecular complexity index is 580. The first kappa shape index (κ1) is 15.2. The molecule has 0 radical (unpaired) electrons. The lowest BCUT2D eigenvalue weighted by Crippen LogP contribution is -2.59. The third kappa shape index (κ3) is 3.07. The van der Waals surface area contributed by atoms with Gasteiger partial charge in [0.1, 0.15) is 6.61 Å². The van der Waals surface area contributed by atoms with Crippen molar-refractivity contribution >= 4 is 23.3 Å². The number of primary amides is 1. The fraction of sp³-hybridized carbons (Fsp3) is 0.643. The standard InChI is InChI=1S/C14H20N4O3S/c1-10-16-11(8-22-10)6-18-9-14(21-7-12(18)19)2-4-17(5-3-14)13(15)20/h8H,2-7,9H2,1H3,(H2,15,20). The van der Waals surface area contributed by atoms with Crippen LogP contribution in [-0.2, 0) is 16.1 Å². The van der Waals surface area contributed by atoms with Crippen LogP contribution in [0.5, 0.6) is 0 Å². The Morgan fingerprint density at radius 3 is 2.82 bits per heavy atom. The fourth-order valence-electron chi connectivity index (χ4n) is 3.05. The number of rotatable bonds is 2. The summed E-state index contributed by atoms with van der Waals surface area (Å²) in [7, 11) is 0. The van der Waals surface area contributed by atoms with E-state index in [0.717, 1.165) is 10.7 Å². The second kappa shape index (κ2) is 5.85. The van der Waals surface area contributed by atoms with Gasteiger partial charge in [-0.25, -0.2) is 9.78 Å². The topological polar surface area (TPSA) is 88.8 Å². The highest BCUT2D eigenvalue weighted by molar-refractivity contribution is 7.09. The van der Waals surface area contributed by atoms with E-state index in [2.05, 4.69) is 4.98 Å². The maximum absolute atomic E-state index is 12.1. The van der Waals surface area contributed by atoms with Crippen molar-refractivity contribution in [2.24, 2.45) is 5.73 Å². The highest BCUT2D eigenvalue weighted by atomic mass is 32.1. The quantitative estimate of drug-likeness (QED) is 0.868. The van der Waals surface area contributed by atoms with Gasteiger partial charge in [-0.1, -0.05) is 0 Å². The molecule has 8 heteroatoms.